The Morgan fingerprint density at radius 1 is 0.333 bits per heavy atom. The van der Waals surface area contributed by atoms with Crippen LogP contribution in [0.1, 0.15) is 0 Å². The molecule has 0 unspecified atom stereocenters. The first-order valence-corrected chi connectivity index (χ1v) is 23.3. The van der Waals surface area contributed by atoms with Gasteiger partial charge in [-0.3, -0.25) is 0 Å². The van der Waals surface area contributed by atoms with E-state index in [1.165, 1.54) is 31.5 Å². The molecule has 0 aliphatic carbocycles. The van der Waals surface area contributed by atoms with Crippen molar-refractivity contribution in [2.75, 3.05) is 0 Å². The molecule has 12 aromatic rings. The van der Waals surface area contributed by atoms with Gasteiger partial charge in [-0.15, -0.1) is 0 Å². The number of fused-ring (bicyclic) bond motifs is 6. The first-order chi connectivity index (χ1) is 31.2. The fourth-order valence-corrected chi connectivity index (χ4v) is 14.4. The lowest BCUT2D eigenvalue weighted by molar-refractivity contribution is 0.669. The first-order valence-electron chi connectivity index (χ1n) is 21.3. The second kappa shape index (κ2) is 15.1. The summed E-state index contributed by atoms with van der Waals surface area (Å²) in [6, 6.07) is 82.0. The molecule has 3 aromatic heterocycles. The fourth-order valence-electron chi connectivity index (χ4n) is 9.62. The third kappa shape index (κ3) is 6.03. The van der Waals surface area contributed by atoms with Crippen molar-refractivity contribution in [2.45, 2.75) is 0 Å². The molecule has 0 spiro atoms. The van der Waals surface area contributed by atoms with Gasteiger partial charge < -0.3 is 8.98 Å². The Morgan fingerprint density at radius 2 is 0.810 bits per heavy atom. The molecule has 296 valence electrons. The predicted octanol–water partition coefficient (Wildman–Crippen LogP) is 11.2. The van der Waals surface area contributed by atoms with Crippen molar-refractivity contribution in [1.29, 1.82) is 0 Å². The van der Waals surface area contributed by atoms with E-state index in [4.69, 9.17) is 19.4 Å². The van der Waals surface area contributed by atoms with E-state index in [0.717, 1.165) is 55.3 Å². The molecule has 0 saturated carbocycles. The highest BCUT2D eigenvalue weighted by Gasteiger charge is 2.41. The summed E-state index contributed by atoms with van der Waals surface area (Å²) in [7, 11) is -2.85. The van der Waals surface area contributed by atoms with Gasteiger partial charge in [0.1, 0.15) is 11.2 Å². The summed E-state index contributed by atoms with van der Waals surface area (Å²) >= 11 is 0. The summed E-state index contributed by atoms with van der Waals surface area (Å²) < 4.78 is 8.60. The summed E-state index contributed by atoms with van der Waals surface area (Å²) in [4.78, 5) is 16.2. The van der Waals surface area contributed by atoms with Crippen LogP contribution in [0.2, 0.25) is 0 Å². The van der Waals surface area contributed by atoms with Gasteiger partial charge in [0.25, 0.3) is 0 Å². The number of hydrogen-bond acceptors (Lipinski definition) is 4. The van der Waals surface area contributed by atoms with E-state index in [1.54, 1.807) is 0 Å². The van der Waals surface area contributed by atoms with Crippen LogP contribution in [0.4, 0.5) is 0 Å². The maximum Gasteiger partial charge on any atom is 0.179 e. The van der Waals surface area contributed by atoms with Crippen LogP contribution in [0.25, 0.3) is 83.6 Å². The monoisotopic (exact) mass is 822 g/mol. The lowest BCUT2D eigenvalue weighted by Crippen LogP contribution is -2.74. The van der Waals surface area contributed by atoms with Gasteiger partial charge in [-0.05, 0) is 69.3 Å². The molecule has 0 aliphatic rings. The minimum Gasteiger partial charge on any atom is -0.456 e. The van der Waals surface area contributed by atoms with Crippen LogP contribution in [0.5, 0.6) is 0 Å². The van der Waals surface area contributed by atoms with Gasteiger partial charge in [-0.2, -0.15) is 0 Å². The van der Waals surface area contributed by atoms with E-state index in [1.807, 2.05) is 24.3 Å². The minimum absolute atomic E-state index is 0.585. The molecule has 0 fully saturated rings. The number of benzene rings is 9. The van der Waals surface area contributed by atoms with Crippen LogP contribution in [0.3, 0.4) is 0 Å². The molecule has 0 atom stereocenters. The second-order valence-electron chi connectivity index (χ2n) is 15.9. The van der Waals surface area contributed by atoms with Crippen molar-refractivity contribution in [1.82, 2.24) is 19.5 Å². The molecule has 0 N–H and O–H groups in total. The Morgan fingerprint density at radius 3 is 1.44 bits per heavy atom. The lowest BCUT2D eigenvalue weighted by atomic mass is 10.1. The standard InChI is InChI=1S/C57H38N4OSi/c1-4-20-41(21-5-1)63(42-22-6-2-7-23-42,43-24-8-3-9-25-43)44-26-18-19-39(37-44)55-58-56(40-35-36-54-49(38-40)47-29-13-17-34-53(47)62-54)60-57(59-55)48-30-12-16-33-52(48)61-50-31-14-10-27-45(50)46-28-11-15-32-51(46)61/h1-38H. The minimum atomic E-state index is -2.85. The average molecular weight is 823 g/mol. The molecule has 9 aromatic carbocycles. The molecule has 0 saturated heterocycles. The molecule has 12 rings (SSSR count). The smallest absolute Gasteiger partial charge is 0.179 e. The Bertz CT molecular complexity index is 3490. The molecule has 6 heteroatoms. The summed E-state index contributed by atoms with van der Waals surface area (Å²) in [6.45, 7) is 0. The van der Waals surface area contributed by atoms with Gasteiger partial charge in [0.15, 0.2) is 25.5 Å². The number of para-hydroxylation sites is 4. The number of hydrogen-bond donors (Lipinski definition) is 0. The van der Waals surface area contributed by atoms with Gasteiger partial charge in [0.05, 0.1) is 16.7 Å². The Kier molecular flexibility index (Phi) is 8.76. The molecule has 3 heterocycles. The number of nitrogens with zero attached hydrogens (tertiary/aromatic N) is 4. The van der Waals surface area contributed by atoms with Crippen molar-refractivity contribution < 1.29 is 4.42 Å². The highest BCUT2D eigenvalue weighted by atomic mass is 28.3. The normalized spacial score (nSPS) is 11.8. The quantitative estimate of drug-likeness (QED) is 0.113. The largest absolute Gasteiger partial charge is 0.456 e. The Balaban J connectivity index is 1.12. The van der Waals surface area contributed by atoms with Crippen LogP contribution in [0, 0.1) is 0 Å². The summed E-state index contributed by atoms with van der Waals surface area (Å²) in [5.74, 6) is 1.78. The molecular formula is C57H38N4OSi. The Hall–Kier alpha value is -8.19. The Labute approximate surface area is 365 Å². The van der Waals surface area contributed by atoms with Crippen molar-refractivity contribution in [3.05, 3.63) is 231 Å². The number of aromatic nitrogens is 4. The fraction of sp³-hybridized carbons (Fsp3) is 0. The molecule has 0 radical (unpaired) electrons. The molecule has 63 heavy (non-hydrogen) atoms. The third-order valence-corrected chi connectivity index (χ3v) is 17.2. The summed E-state index contributed by atoms with van der Waals surface area (Å²) in [5.41, 5.74) is 7.61. The van der Waals surface area contributed by atoms with Gasteiger partial charge in [-0.25, -0.2) is 15.0 Å². The highest BCUT2D eigenvalue weighted by molar-refractivity contribution is 7.19. The lowest BCUT2D eigenvalue weighted by Gasteiger charge is -2.34. The van der Waals surface area contributed by atoms with Crippen LogP contribution >= 0.6 is 0 Å². The van der Waals surface area contributed by atoms with Crippen LogP contribution < -0.4 is 20.7 Å². The highest BCUT2D eigenvalue weighted by Crippen LogP contribution is 2.37. The molecular weight excluding hydrogens is 785 g/mol. The van der Waals surface area contributed by atoms with E-state index >= 15 is 0 Å². The summed E-state index contributed by atoms with van der Waals surface area (Å²) in [6.07, 6.45) is 0. The van der Waals surface area contributed by atoms with E-state index in [9.17, 15) is 0 Å². The zero-order chi connectivity index (χ0) is 41.7. The van der Waals surface area contributed by atoms with Crippen molar-refractivity contribution in [3.63, 3.8) is 0 Å². The van der Waals surface area contributed by atoms with Crippen LogP contribution in [0.15, 0.2) is 235 Å². The topological polar surface area (TPSA) is 56.7 Å². The van der Waals surface area contributed by atoms with E-state index in [2.05, 4.69) is 211 Å². The average Bonchev–Trinajstić information content (AvgIpc) is 3.91. The zero-order valence-corrected chi connectivity index (χ0v) is 35.1. The zero-order valence-electron chi connectivity index (χ0n) is 34.1. The van der Waals surface area contributed by atoms with E-state index in [-0.39, 0.29) is 0 Å². The van der Waals surface area contributed by atoms with Crippen molar-refractivity contribution >= 4 is 72.6 Å². The van der Waals surface area contributed by atoms with E-state index in [0.29, 0.717) is 17.5 Å². The number of furan rings is 1. The molecule has 0 amide bonds. The first kappa shape index (κ1) is 36.6. The predicted molar refractivity (Wildman–Crippen MR) is 261 cm³/mol. The van der Waals surface area contributed by atoms with Crippen molar-refractivity contribution in [3.8, 4) is 39.9 Å². The van der Waals surface area contributed by atoms with Crippen LogP contribution in [-0.4, -0.2) is 27.6 Å². The van der Waals surface area contributed by atoms with Crippen molar-refractivity contribution in [2.24, 2.45) is 0 Å². The third-order valence-electron chi connectivity index (χ3n) is 12.4. The van der Waals surface area contributed by atoms with Gasteiger partial charge >= 0.3 is 0 Å². The number of rotatable bonds is 8. The summed E-state index contributed by atoms with van der Waals surface area (Å²) in [5, 5.41) is 9.61. The van der Waals surface area contributed by atoms with Gasteiger partial charge in [-0.1, -0.05) is 182 Å². The van der Waals surface area contributed by atoms with Gasteiger partial charge in [0.2, 0.25) is 0 Å². The van der Waals surface area contributed by atoms with E-state index < -0.39 is 8.07 Å². The maximum atomic E-state index is 6.26. The molecule has 0 bridgehead atoms. The van der Waals surface area contributed by atoms with Gasteiger partial charge in [0, 0.05) is 38.2 Å². The molecule has 0 aliphatic heterocycles. The molecule has 5 nitrogen and oxygen atoms in total. The van der Waals surface area contributed by atoms with Crippen LogP contribution in [-0.2, 0) is 0 Å². The SMILES string of the molecule is c1ccc([Si](c2ccccc2)(c2ccccc2)c2cccc(-c3nc(-c4ccc5oc6ccccc6c5c4)nc(-c4ccccc4-n4c5ccccc5c5ccccc54)n3)c2)cc1. The second-order valence-corrected chi connectivity index (χ2v) is 19.7. The maximum absolute atomic E-state index is 6.26.